The lowest BCUT2D eigenvalue weighted by Gasteiger charge is -2.35. The number of nitrogens with one attached hydrogen (secondary N) is 1. The number of aromatic nitrogens is 4. The number of halogens is 3. The first-order chi connectivity index (χ1) is 17.7. The van der Waals surface area contributed by atoms with Crippen molar-refractivity contribution in [3.63, 3.8) is 0 Å². The van der Waals surface area contributed by atoms with Gasteiger partial charge in [-0.25, -0.2) is 14.4 Å². The van der Waals surface area contributed by atoms with Gasteiger partial charge in [0.15, 0.2) is 5.65 Å². The van der Waals surface area contributed by atoms with E-state index in [0.717, 1.165) is 25.7 Å². The van der Waals surface area contributed by atoms with Gasteiger partial charge in [-0.05, 0) is 50.7 Å². The van der Waals surface area contributed by atoms with Crippen LogP contribution in [0.2, 0.25) is 10.0 Å². The van der Waals surface area contributed by atoms with Gasteiger partial charge < -0.3 is 21.1 Å². The van der Waals surface area contributed by atoms with Crippen molar-refractivity contribution in [1.29, 1.82) is 0 Å². The van der Waals surface area contributed by atoms with E-state index in [9.17, 15) is 14.3 Å². The van der Waals surface area contributed by atoms with E-state index in [0.29, 0.717) is 48.7 Å². The minimum atomic E-state index is -0.605. The number of imidazole rings is 1. The fraction of sp³-hybridized carbons (Fsp3) is 0.520. The lowest BCUT2D eigenvalue weighted by Crippen LogP contribution is -2.44. The average Bonchev–Trinajstić information content (AvgIpc) is 3.23. The summed E-state index contributed by atoms with van der Waals surface area (Å²) in [7, 11) is 1.89. The maximum Gasteiger partial charge on any atom is 0.227 e. The SMILES string of the molecule is CN(c1ncc2nc(Nc3c(F)cc(Cl)cc3Cl)n([C@H]3CC[C@H](C(N)=O)CC3)c2n1)[C@H]1CCCC[C@@H]1O. The molecule has 2 aliphatic carbocycles. The van der Waals surface area contributed by atoms with E-state index in [1.807, 2.05) is 16.5 Å². The zero-order valence-electron chi connectivity index (χ0n) is 20.5. The number of rotatable bonds is 6. The van der Waals surface area contributed by atoms with Crippen molar-refractivity contribution in [3.8, 4) is 0 Å². The van der Waals surface area contributed by atoms with E-state index in [2.05, 4.69) is 15.3 Å². The fourth-order valence-electron chi connectivity index (χ4n) is 5.57. The van der Waals surface area contributed by atoms with Gasteiger partial charge in [0.25, 0.3) is 0 Å². The molecule has 2 aliphatic rings. The van der Waals surface area contributed by atoms with Crippen molar-refractivity contribution in [2.24, 2.45) is 11.7 Å². The van der Waals surface area contributed by atoms with E-state index in [4.69, 9.17) is 33.9 Å². The van der Waals surface area contributed by atoms with Gasteiger partial charge in [-0.1, -0.05) is 36.0 Å². The molecule has 1 amide bonds. The monoisotopic (exact) mass is 549 g/mol. The third-order valence-corrected chi connectivity index (χ3v) is 8.15. The van der Waals surface area contributed by atoms with Crippen LogP contribution in [0.5, 0.6) is 0 Å². The number of fused-ring (bicyclic) bond motifs is 1. The normalized spacial score (nSPS) is 24.2. The van der Waals surface area contributed by atoms with Crippen LogP contribution in [0, 0.1) is 11.7 Å². The molecular weight excluding hydrogens is 520 g/mol. The van der Waals surface area contributed by atoms with Gasteiger partial charge in [0.1, 0.15) is 11.3 Å². The second-order valence-corrected chi connectivity index (χ2v) is 10.8. The Bertz CT molecular complexity index is 1290. The summed E-state index contributed by atoms with van der Waals surface area (Å²) < 4.78 is 16.7. The summed E-state index contributed by atoms with van der Waals surface area (Å²) in [5, 5.41) is 13.9. The van der Waals surface area contributed by atoms with Crippen molar-refractivity contribution in [1.82, 2.24) is 19.5 Å². The second-order valence-electron chi connectivity index (χ2n) is 9.99. The molecule has 0 spiro atoms. The number of nitrogens with zero attached hydrogens (tertiary/aromatic N) is 5. The topological polar surface area (TPSA) is 122 Å². The number of anilines is 3. The van der Waals surface area contributed by atoms with Crippen molar-refractivity contribution in [2.75, 3.05) is 17.3 Å². The molecule has 9 nitrogen and oxygen atoms in total. The molecule has 2 heterocycles. The Morgan fingerprint density at radius 3 is 2.57 bits per heavy atom. The Morgan fingerprint density at radius 1 is 1.16 bits per heavy atom. The molecule has 0 unspecified atom stereocenters. The number of benzene rings is 1. The van der Waals surface area contributed by atoms with Gasteiger partial charge in [0.2, 0.25) is 17.8 Å². The number of hydrogen-bond acceptors (Lipinski definition) is 7. The van der Waals surface area contributed by atoms with Crippen molar-refractivity contribution in [3.05, 3.63) is 34.2 Å². The number of amides is 1. The first-order valence-electron chi connectivity index (χ1n) is 12.6. The molecule has 1 aromatic carbocycles. The Kier molecular flexibility index (Phi) is 7.42. The van der Waals surface area contributed by atoms with Crippen LogP contribution in [-0.4, -0.2) is 49.7 Å². The molecule has 0 radical (unpaired) electrons. The zero-order chi connectivity index (χ0) is 26.3. The number of primary amides is 1. The molecule has 4 N–H and O–H groups in total. The van der Waals surface area contributed by atoms with E-state index in [-0.39, 0.29) is 39.6 Å². The summed E-state index contributed by atoms with van der Waals surface area (Å²) in [6, 6.07) is 2.52. The minimum Gasteiger partial charge on any atom is -0.391 e. The Balaban J connectivity index is 1.56. The number of aliphatic hydroxyl groups is 1. The summed E-state index contributed by atoms with van der Waals surface area (Å²) in [6.45, 7) is 0. The fourth-order valence-corrected chi connectivity index (χ4v) is 6.09. The molecule has 2 fully saturated rings. The second kappa shape index (κ2) is 10.6. The van der Waals surface area contributed by atoms with Crippen LogP contribution >= 0.6 is 23.2 Å². The smallest absolute Gasteiger partial charge is 0.227 e. The molecule has 12 heteroatoms. The highest BCUT2D eigenvalue weighted by Crippen LogP contribution is 2.39. The van der Waals surface area contributed by atoms with Crippen molar-refractivity contribution >= 4 is 57.9 Å². The summed E-state index contributed by atoms with van der Waals surface area (Å²) in [4.78, 5) is 27.7. The number of aliphatic hydroxyl groups excluding tert-OH is 1. The Labute approximate surface area is 224 Å². The number of carbonyl (C=O) groups is 1. The lowest BCUT2D eigenvalue weighted by molar-refractivity contribution is -0.122. The number of nitrogens with two attached hydrogens (primary N) is 1. The van der Waals surface area contributed by atoms with Crippen molar-refractivity contribution < 1.29 is 14.3 Å². The minimum absolute atomic E-state index is 0.0504. The maximum atomic E-state index is 14.8. The Morgan fingerprint density at radius 2 is 1.89 bits per heavy atom. The third kappa shape index (κ3) is 5.19. The van der Waals surface area contributed by atoms with E-state index < -0.39 is 11.9 Å². The largest absolute Gasteiger partial charge is 0.391 e. The number of carbonyl (C=O) groups excluding carboxylic acids is 1. The molecular formula is C25H30Cl2FN7O2. The molecule has 37 heavy (non-hydrogen) atoms. The van der Waals surface area contributed by atoms with Crippen molar-refractivity contribution in [2.45, 2.75) is 69.6 Å². The van der Waals surface area contributed by atoms with Crippen LogP contribution in [0.15, 0.2) is 18.3 Å². The van der Waals surface area contributed by atoms with Crippen LogP contribution in [0.4, 0.5) is 22.0 Å². The molecule has 0 aliphatic heterocycles. The highest BCUT2D eigenvalue weighted by molar-refractivity contribution is 6.36. The molecule has 198 valence electrons. The summed E-state index contributed by atoms with van der Waals surface area (Å²) >= 11 is 12.3. The van der Waals surface area contributed by atoms with Crippen LogP contribution < -0.4 is 16.0 Å². The zero-order valence-corrected chi connectivity index (χ0v) is 22.0. The molecule has 2 saturated carbocycles. The van der Waals surface area contributed by atoms with Crippen LogP contribution in [0.25, 0.3) is 11.2 Å². The van der Waals surface area contributed by atoms with Gasteiger partial charge in [0, 0.05) is 24.0 Å². The highest BCUT2D eigenvalue weighted by Gasteiger charge is 2.31. The first kappa shape index (κ1) is 25.9. The van der Waals surface area contributed by atoms with Crippen LogP contribution in [-0.2, 0) is 4.79 Å². The molecule has 5 rings (SSSR count). The van der Waals surface area contributed by atoms with E-state index in [1.54, 1.807) is 6.20 Å². The first-order valence-corrected chi connectivity index (χ1v) is 13.3. The molecule has 3 aromatic rings. The summed E-state index contributed by atoms with van der Waals surface area (Å²) in [6.07, 6.45) is 7.49. The summed E-state index contributed by atoms with van der Waals surface area (Å²) in [5.74, 6) is -0.222. The summed E-state index contributed by atoms with van der Waals surface area (Å²) in [5.41, 5.74) is 6.72. The number of hydrogen-bond donors (Lipinski definition) is 3. The van der Waals surface area contributed by atoms with E-state index >= 15 is 0 Å². The Hall–Kier alpha value is -2.69. The van der Waals surface area contributed by atoms with Gasteiger partial charge in [-0.2, -0.15) is 4.98 Å². The highest BCUT2D eigenvalue weighted by atomic mass is 35.5. The quantitative estimate of drug-likeness (QED) is 0.396. The van der Waals surface area contributed by atoms with E-state index in [1.165, 1.54) is 12.1 Å². The maximum absolute atomic E-state index is 14.8. The van der Waals surface area contributed by atoms with Crippen LogP contribution in [0.1, 0.15) is 57.4 Å². The molecule has 2 atom stereocenters. The molecule has 2 aromatic heterocycles. The third-order valence-electron chi connectivity index (χ3n) is 7.63. The van der Waals surface area contributed by atoms with Gasteiger partial charge in [-0.15, -0.1) is 0 Å². The average molecular weight is 550 g/mol. The molecule has 0 saturated heterocycles. The lowest BCUT2D eigenvalue weighted by atomic mass is 9.85. The van der Waals surface area contributed by atoms with Crippen LogP contribution in [0.3, 0.4) is 0 Å². The van der Waals surface area contributed by atoms with Gasteiger partial charge in [-0.3, -0.25) is 9.36 Å². The predicted octanol–water partition coefficient (Wildman–Crippen LogP) is 4.97. The predicted molar refractivity (Wildman–Crippen MR) is 142 cm³/mol. The van der Waals surface area contributed by atoms with Gasteiger partial charge >= 0.3 is 0 Å². The molecule has 0 bridgehead atoms. The standard InChI is InChI=1S/C25H30Cl2FN7O2/c1-34(19-4-2-3-5-20(19)36)24-30-12-18-23(33-24)35(15-8-6-13(7-9-15)22(29)37)25(31-18)32-21-16(27)10-14(26)11-17(21)28/h10-13,15,19-20,36H,2-9H2,1H3,(H2,29,37)(H,31,32)/t13-,15-,19-,20-/m0/s1. The van der Waals surface area contributed by atoms with Gasteiger partial charge in [0.05, 0.1) is 29.1 Å². The number of likely N-dealkylation sites (N-methyl/N-ethyl adjacent to an activating group) is 1.